The Bertz CT molecular complexity index is 939. The fraction of sp³-hybridized carbons (Fsp3) is 0.450. The number of nitrogens with one attached hydrogen (secondary N) is 2. The molecule has 1 aliphatic heterocycles. The summed E-state index contributed by atoms with van der Waals surface area (Å²) in [4.78, 5) is 6.83. The van der Waals surface area contributed by atoms with Crippen molar-refractivity contribution in [2.75, 3.05) is 26.7 Å². The quantitative estimate of drug-likeness (QED) is 0.503. The molecular formula is C20H27N7O. The van der Waals surface area contributed by atoms with Crippen LogP contribution in [0.3, 0.4) is 0 Å². The van der Waals surface area contributed by atoms with Gasteiger partial charge in [-0.25, -0.2) is 0 Å². The zero-order valence-corrected chi connectivity index (χ0v) is 16.4. The number of aryl methyl sites for hydroxylation is 1. The van der Waals surface area contributed by atoms with E-state index in [1.807, 2.05) is 41.8 Å². The van der Waals surface area contributed by atoms with Gasteiger partial charge in [-0.3, -0.25) is 14.3 Å². The third kappa shape index (κ3) is 4.01. The van der Waals surface area contributed by atoms with Crippen molar-refractivity contribution in [2.24, 2.45) is 4.99 Å². The van der Waals surface area contributed by atoms with Crippen LogP contribution in [0.25, 0.3) is 5.65 Å². The third-order valence-corrected chi connectivity index (χ3v) is 5.16. The second kappa shape index (κ2) is 8.43. The van der Waals surface area contributed by atoms with E-state index < -0.39 is 0 Å². The molecule has 2 N–H and O–H groups in total. The average molecular weight is 381 g/mol. The van der Waals surface area contributed by atoms with Gasteiger partial charge < -0.3 is 15.1 Å². The minimum absolute atomic E-state index is 0.198. The average Bonchev–Trinajstić information content (AvgIpc) is 3.46. The SMILES string of the molecule is CN=C(NCc1nnc2ccccn12)NCC(c1ccc(C)o1)N1CCCC1. The normalized spacial score (nSPS) is 16.6. The van der Waals surface area contributed by atoms with Crippen molar-refractivity contribution in [3.05, 3.63) is 53.9 Å². The van der Waals surface area contributed by atoms with Crippen molar-refractivity contribution < 1.29 is 4.42 Å². The lowest BCUT2D eigenvalue weighted by Gasteiger charge is -2.26. The molecule has 1 aliphatic rings. The fourth-order valence-corrected chi connectivity index (χ4v) is 3.68. The molecule has 1 saturated heterocycles. The van der Waals surface area contributed by atoms with Crippen LogP contribution in [0.5, 0.6) is 0 Å². The van der Waals surface area contributed by atoms with Gasteiger partial charge in [0.1, 0.15) is 11.5 Å². The predicted octanol–water partition coefficient (Wildman–Crippen LogP) is 2.13. The second-order valence-corrected chi connectivity index (χ2v) is 7.06. The first-order valence-corrected chi connectivity index (χ1v) is 9.78. The minimum Gasteiger partial charge on any atom is -0.465 e. The second-order valence-electron chi connectivity index (χ2n) is 7.06. The molecule has 1 atom stereocenters. The molecule has 8 heteroatoms. The lowest BCUT2D eigenvalue weighted by Crippen LogP contribution is -2.42. The maximum atomic E-state index is 5.93. The van der Waals surface area contributed by atoms with Gasteiger partial charge in [0, 0.05) is 19.8 Å². The van der Waals surface area contributed by atoms with Crippen LogP contribution < -0.4 is 10.6 Å². The summed E-state index contributed by atoms with van der Waals surface area (Å²) in [6.07, 6.45) is 4.44. The van der Waals surface area contributed by atoms with E-state index in [-0.39, 0.29) is 6.04 Å². The molecule has 28 heavy (non-hydrogen) atoms. The molecule has 0 aromatic carbocycles. The summed E-state index contributed by atoms with van der Waals surface area (Å²) < 4.78 is 7.90. The van der Waals surface area contributed by atoms with Crippen molar-refractivity contribution in [1.82, 2.24) is 30.1 Å². The molecule has 3 aromatic heterocycles. The summed E-state index contributed by atoms with van der Waals surface area (Å²) in [6, 6.07) is 10.2. The van der Waals surface area contributed by atoms with E-state index >= 15 is 0 Å². The van der Waals surface area contributed by atoms with Crippen molar-refractivity contribution in [3.8, 4) is 0 Å². The molecule has 0 aliphatic carbocycles. The summed E-state index contributed by atoms with van der Waals surface area (Å²) in [5.41, 5.74) is 0.838. The number of nitrogens with zero attached hydrogens (tertiary/aromatic N) is 5. The minimum atomic E-state index is 0.198. The first-order valence-electron chi connectivity index (χ1n) is 9.78. The van der Waals surface area contributed by atoms with Crippen LogP contribution in [0, 0.1) is 6.92 Å². The number of rotatable bonds is 6. The van der Waals surface area contributed by atoms with Gasteiger partial charge in [0.25, 0.3) is 0 Å². The van der Waals surface area contributed by atoms with Crippen LogP contribution >= 0.6 is 0 Å². The smallest absolute Gasteiger partial charge is 0.191 e. The summed E-state index contributed by atoms with van der Waals surface area (Å²) in [7, 11) is 1.78. The van der Waals surface area contributed by atoms with E-state index in [0.29, 0.717) is 6.54 Å². The van der Waals surface area contributed by atoms with Crippen LogP contribution in [0.4, 0.5) is 0 Å². The topological polar surface area (TPSA) is 83.0 Å². The summed E-state index contributed by atoms with van der Waals surface area (Å²) in [5, 5.41) is 15.2. The standard InChI is InChI=1S/C20H27N7O/c1-15-8-9-17(28-15)16(26-10-5-6-11-26)13-22-20(21-2)23-14-19-25-24-18-7-3-4-12-27(18)19/h3-4,7-9,12,16H,5-6,10-11,13-14H2,1-2H3,(H2,21,22,23). The van der Waals surface area contributed by atoms with E-state index in [4.69, 9.17) is 4.42 Å². The number of aromatic nitrogens is 3. The van der Waals surface area contributed by atoms with Crippen molar-refractivity contribution in [1.29, 1.82) is 0 Å². The molecule has 148 valence electrons. The number of guanidine groups is 1. The number of fused-ring (bicyclic) bond motifs is 1. The van der Waals surface area contributed by atoms with Crippen LogP contribution in [-0.2, 0) is 6.54 Å². The van der Waals surface area contributed by atoms with E-state index in [2.05, 4.69) is 36.8 Å². The Hall–Kier alpha value is -2.87. The summed E-state index contributed by atoms with van der Waals surface area (Å²) in [5.74, 6) is 3.53. The first kappa shape index (κ1) is 18.5. The van der Waals surface area contributed by atoms with Gasteiger partial charge in [-0.15, -0.1) is 10.2 Å². The molecule has 4 heterocycles. The number of pyridine rings is 1. The maximum Gasteiger partial charge on any atom is 0.191 e. The highest BCUT2D eigenvalue weighted by Crippen LogP contribution is 2.26. The van der Waals surface area contributed by atoms with Crippen LogP contribution in [-0.4, -0.2) is 52.1 Å². The van der Waals surface area contributed by atoms with Gasteiger partial charge >= 0.3 is 0 Å². The highest BCUT2D eigenvalue weighted by molar-refractivity contribution is 5.79. The van der Waals surface area contributed by atoms with E-state index in [1.165, 1.54) is 12.8 Å². The highest BCUT2D eigenvalue weighted by atomic mass is 16.3. The van der Waals surface area contributed by atoms with Gasteiger partial charge in [0.05, 0.1) is 12.6 Å². The predicted molar refractivity (Wildman–Crippen MR) is 108 cm³/mol. The fourth-order valence-electron chi connectivity index (χ4n) is 3.68. The zero-order chi connectivity index (χ0) is 19.3. The third-order valence-electron chi connectivity index (χ3n) is 5.16. The van der Waals surface area contributed by atoms with Crippen molar-refractivity contribution in [2.45, 2.75) is 32.4 Å². The van der Waals surface area contributed by atoms with E-state index in [1.54, 1.807) is 7.05 Å². The summed E-state index contributed by atoms with van der Waals surface area (Å²) >= 11 is 0. The molecule has 0 spiro atoms. The Morgan fingerprint density at radius 1 is 1.18 bits per heavy atom. The molecule has 0 bridgehead atoms. The van der Waals surface area contributed by atoms with Crippen molar-refractivity contribution in [3.63, 3.8) is 0 Å². The Labute approximate surface area is 164 Å². The van der Waals surface area contributed by atoms with Crippen LogP contribution in [0.1, 0.15) is 36.2 Å². The molecule has 0 amide bonds. The van der Waals surface area contributed by atoms with E-state index in [0.717, 1.165) is 48.6 Å². The zero-order valence-electron chi connectivity index (χ0n) is 16.4. The Morgan fingerprint density at radius 3 is 2.79 bits per heavy atom. The molecule has 0 saturated carbocycles. The number of hydrogen-bond acceptors (Lipinski definition) is 5. The largest absolute Gasteiger partial charge is 0.465 e. The maximum absolute atomic E-state index is 5.93. The molecule has 4 rings (SSSR count). The number of aliphatic imine (C=N–C) groups is 1. The van der Waals surface area contributed by atoms with Gasteiger partial charge in [-0.1, -0.05) is 6.07 Å². The molecule has 1 fully saturated rings. The van der Waals surface area contributed by atoms with Crippen LogP contribution in [0.2, 0.25) is 0 Å². The monoisotopic (exact) mass is 381 g/mol. The molecular weight excluding hydrogens is 354 g/mol. The van der Waals surface area contributed by atoms with Crippen LogP contribution in [0.15, 0.2) is 45.9 Å². The Morgan fingerprint density at radius 2 is 2.04 bits per heavy atom. The van der Waals surface area contributed by atoms with E-state index in [9.17, 15) is 0 Å². The molecule has 0 radical (unpaired) electrons. The molecule has 3 aromatic rings. The summed E-state index contributed by atoms with van der Waals surface area (Å²) in [6.45, 7) is 5.46. The van der Waals surface area contributed by atoms with Gasteiger partial charge in [-0.2, -0.15) is 0 Å². The van der Waals surface area contributed by atoms with Crippen molar-refractivity contribution >= 4 is 11.6 Å². The van der Waals surface area contributed by atoms with Gasteiger partial charge in [0.15, 0.2) is 17.4 Å². The lowest BCUT2D eigenvalue weighted by molar-refractivity contribution is 0.213. The van der Waals surface area contributed by atoms with Gasteiger partial charge in [-0.05, 0) is 57.1 Å². The number of hydrogen-bond donors (Lipinski definition) is 2. The Kier molecular flexibility index (Phi) is 5.57. The molecule has 1 unspecified atom stereocenters. The Balaban J connectivity index is 1.39. The molecule has 8 nitrogen and oxygen atoms in total. The number of furan rings is 1. The lowest BCUT2D eigenvalue weighted by atomic mass is 10.2. The highest BCUT2D eigenvalue weighted by Gasteiger charge is 2.26. The number of likely N-dealkylation sites (tertiary alicyclic amines) is 1. The first-order chi connectivity index (χ1) is 13.7. The van der Waals surface area contributed by atoms with Gasteiger partial charge in [0.2, 0.25) is 0 Å².